The minimum absolute atomic E-state index is 0.544. The Morgan fingerprint density at radius 2 is 2.19 bits per heavy atom. The van der Waals surface area contributed by atoms with Crippen LogP contribution in [0.15, 0.2) is 30.5 Å². The number of fused-ring (bicyclic) bond motifs is 1. The Labute approximate surface area is 93.5 Å². The predicted octanol–water partition coefficient (Wildman–Crippen LogP) is 2.33. The van der Waals surface area contributed by atoms with Crippen molar-refractivity contribution in [1.29, 1.82) is 0 Å². The lowest BCUT2D eigenvalue weighted by molar-refractivity contribution is -0.140. The molecular weight excluding hydrogens is 204 g/mol. The Morgan fingerprint density at radius 3 is 2.81 bits per heavy atom. The van der Waals surface area contributed by atoms with Crippen molar-refractivity contribution in [3.05, 3.63) is 30.5 Å². The standard InChI is InChI=1S/C12H14N2O2/c1-8(12(15)16)14-6-5-9-7-10(13-2)3-4-11(9)14/h3-8,13H,1-2H3,(H,15,16). The van der Waals surface area contributed by atoms with Gasteiger partial charge in [0.2, 0.25) is 0 Å². The second-order valence-corrected chi connectivity index (χ2v) is 3.76. The number of carboxylic acids is 1. The van der Waals surface area contributed by atoms with Crippen LogP contribution < -0.4 is 5.32 Å². The van der Waals surface area contributed by atoms with E-state index in [-0.39, 0.29) is 0 Å². The zero-order valence-electron chi connectivity index (χ0n) is 9.27. The van der Waals surface area contributed by atoms with Crippen molar-refractivity contribution >= 4 is 22.6 Å². The first-order valence-corrected chi connectivity index (χ1v) is 5.14. The molecule has 0 spiro atoms. The second kappa shape index (κ2) is 3.89. The van der Waals surface area contributed by atoms with Gasteiger partial charge in [0.25, 0.3) is 0 Å². The molecule has 0 bridgehead atoms. The van der Waals surface area contributed by atoms with Gasteiger partial charge in [-0.1, -0.05) is 0 Å². The Hall–Kier alpha value is -1.97. The summed E-state index contributed by atoms with van der Waals surface area (Å²) in [5, 5.41) is 13.1. The molecule has 1 aromatic heterocycles. The smallest absolute Gasteiger partial charge is 0.326 e. The number of carbonyl (C=O) groups is 1. The summed E-state index contributed by atoms with van der Waals surface area (Å²) in [6.45, 7) is 1.67. The molecule has 1 heterocycles. The summed E-state index contributed by atoms with van der Waals surface area (Å²) < 4.78 is 1.76. The maximum atomic E-state index is 10.9. The third-order valence-corrected chi connectivity index (χ3v) is 2.78. The monoisotopic (exact) mass is 218 g/mol. The molecule has 2 rings (SSSR count). The van der Waals surface area contributed by atoms with E-state index in [4.69, 9.17) is 5.11 Å². The third kappa shape index (κ3) is 1.62. The molecule has 2 N–H and O–H groups in total. The number of hydrogen-bond acceptors (Lipinski definition) is 2. The van der Waals surface area contributed by atoms with Crippen LogP contribution in [0.1, 0.15) is 13.0 Å². The Balaban J connectivity index is 2.53. The van der Waals surface area contributed by atoms with Crippen LogP contribution in [0.3, 0.4) is 0 Å². The molecule has 1 atom stereocenters. The number of nitrogens with one attached hydrogen (secondary N) is 1. The molecule has 0 fully saturated rings. The van der Waals surface area contributed by atoms with E-state index in [0.717, 1.165) is 16.6 Å². The van der Waals surface area contributed by atoms with Crippen molar-refractivity contribution in [2.75, 3.05) is 12.4 Å². The Morgan fingerprint density at radius 1 is 1.44 bits per heavy atom. The summed E-state index contributed by atoms with van der Waals surface area (Å²) >= 11 is 0. The number of aliphatic carboxylic acids is 1. The molecule has 0 aliphatic rings. The number of nitrogens with zero attached hydrogens (tertiary/aromatic N) is 1. The van der Waals surface area contributed by atoms with E-state index in [0.29, 0.717) is 0 Å². The Kier molecular flexibility index (Phi) is 2.56. The molecule has 4 heteroatoms. The van der Waals surface area contributed by atoms with Crippen molar-refractivity contribution in [1.82, 2.24) is 4.57 Å². The van der Waals surface area contributed by atoms with E-state index in [1.807, 2.05) is 37.5 Å². The average molecular weight is 218 g/mol. The molecule has 0 saturated heterocycles. The molecule has 0 radical (unpaired) electrons. The molecular formula is C12H14N2O2. The summed E-state index contributed by atoms with van der Waals surface area (Å²) in [5.41, 5.74) is 1.96. The number of carboxylic acid groups (broad SMARTS) is 1. The fourth-order valence-corrected chi connectivity index (χ4v) is 1.78. The quantitative estimate of drug-likeness (QED) is 0.831. The molecule has 2 aromatic rings. The van der Waals surface area contributed by atoms with Gasteiger partial charge in [-0.15, -0.1) is 0 Å². The number of benzene rings is 1. The molecule has 4 nitrogen and oxygen atoms in total. The van der Waals surface area contributed by atoms with Crippen LogP contribution in [-0.2, 0) is 4.79 Å². The lowest BCUT2D eigenvalue weighted by atomic mass is 10.2. The van der Waals surface area contributed by atoms with Gasteiger partial charge in [0, 0.05) is 29.8 Å². The predicted molar refractivity (Wildman–Crippen MR) is 63.8 cm³/mol. The molecule has 84 valence electrons. The van der Waals surface area contributed by atoms with Crippen LogP contribution in [0.5, 0.6) is 0 Å². The highest BCUT2D eigenvalue weighted by atomic mass is 16.4. The fourth-order valence-electron chi connectivity index (χ4n) is 1.78. The van der Waals surface area contributed by atoms with Crippen molar-refractivity contribution in [3.63, 3.8) is 0 Å². The van der Waals surface area contributed by atoms with Crippen LogP contribution in [0.2, 0.25) is 0 Å². The van der Waals surface area contributed by atoms with Gasteiger partial charge < -0.3 is 15.0 Å². The van der Waals surface area contributed by atoms with Crippen molar-refractivity contribution < 1.29 is 9.90 Å². The number of hydrogen-bond donors (Lipinski definition) is 2. The van der Waals surface area contributed by atoms with Gasteiger partial charge in [-0.25, -0.2) is 4.79 Å². The maximum Gasteiger partial charge on any atom is 0.326 e. The largest absolute Gasteiger partial charge is 0.480 e. The molecule has 1 aromatic carbocycles. The molecule has 16 heavy (non-hydrogen) atoms. The fraction of sp³-hybridized carbons (Fsp3) is 0.250. The zero-order valence-corrected chi connectivity index (χ0v) is 9.27. The lowest BCUT2D eigenvalue weighted by Crippen LogP contribution is -2.14. The first-order valence-electron chi connectivity index (χ1n) is 5.14. The summed E-state index contributed by atoms with van der Waals surface area (Å²) in [6.07, 6.45) is 1.81. The van der Waals surface area contributed by atoms with Gasteiger partial charge in [0.15, 0.2) is 0 Å². The first-order chi connectivity index (χ1) is 7.63. The van der Waals surface area contributed by atoms with Crippen LogP contribution in [0.4, 0.5) is 5.69 Å². The van der Waals surface area contributed by atoms with Gasteiger partial charge in [0.05, 0.1) is 0 Å². The van der Waals surface area contributed by atoms with E-state index in [9.17, 15) is 4.79 Å². The third-order valence-electron chi connectivity index (χ3n) is 2.78. The first kappa shape index (κ1) is 10.5. The highest BCUT2D eigenvalue weighted by Gasteiger charge is 2.14. The summed E-state index contributed by atoms with van der Waals surface area (Å²) in [7, 11) is 1.86. The zero-order chi connectivity index (χ0) is 11.7. The highest BCUT2D eigenvalue weighted by molar-refractivity contribution is 5.85. The number of anilines is 1. The van der Waals surface area contributed by atoms with Crippen molar-refractivity contribution in [3.8, 4) is 0 Å². The Bertz CT molecular complexity index is 531. The normalized spacial score (nSPS) is 12.6. The van der Waals surface area contributed by atoms with Crippen LogP contribution >= 0.6 is 0 Å². The highest BCUT2D eigenvalue weighted by Crippen LogP contribution is 2.23. The van der Waals surface area contributed by atoms with E-state index in [1.54, 1.807) is 11.5 Å². The van der Waals surface area contributed by atoms with Crippen molar-refractivity contribution in [2.45, 2.75) is 13.0 Å². The maximum absolute atomic E-state index is 10.9. The number of aromatic nitrogens is 1. The summed E-state index contributed by atoms with van der Waals surface area (Å²) in [5.74, 6) is -0.824. The lowest BCUT2D eigenvalue weighted by Gasteiger charge is -2.10. The molecule has 0 aliphatic heterocycles. The average Bonchev–Trinajstić information content (AvgIpc) is 2.70. The van der Waals surface area contributed by atoms with E-state index >= 15 is 0 Å². The molecule has 0 aliphatic carbocycles. The molecule has 1 unspecified atom stereocenters. The minimum atomic E-state index is -0.824. The van der Waals surface area contributed by atoms with Crippen molar-refractivity contribution in [2.24, 2.45) is 0 Å². The van der Waals surface area contributed by atoms with Crippen LogP contribution in [0, 0.1) is 0 Å². The van der Waals surface area contributed by atoms with E-state index in [2.05, 4.69) is 5.32 Å². The summed E-state index contributed by atoms with van der Waals surface area (Å²) in [6, 6.07) is 7.25. The van der Waals surface area contributed by atoms with E-state index in [1.165, 1.54) is 0 Å². The van der Waals surface area contributed by atoms with Gasteiger partial charge >= 0.3 is 5.97 Å². The van der Waals surface area contributed by atoms with Gasteiger partial charge in [-0.2, -0.15) is 0 Å². The van der Waals surface area contributed by atoms with Crippen LogP contribution in [0.25, 0.3) is 10.9 Å². The van der Waals surface area contributed by atoms with Crippen LogP contribution in [-0.4, -0.2) is 22.7 Å². The van der Waals surface area contributed by atoms with Gasteiger partial charge in [0.1, 0.15) is 6.04 Å². The topological polar surface area (TPSA) is 54.3 Å². The molecule has 0 amide bonds. The summed E-state index contributed by atoms with van der Waals surface area (Å²) in [4.78, 5) is 10.9. The van der Waals surface area contributed by atoms with E-state index < -0.39 is 12.0 Å². The van der Waals surface area contributed by atoms with Gasteiger partial charge in [-0.05, 0) is 31.2 Å². The minimum Gasteiger partial charge on any atom is -0.480 e. The number of rotatable bonds is 3. The molecule has 0 saturated carbocycles. The van der Waals surface area contributed by atoms with Gasteiger partial charge in [-0.3, -0.25) is 0 Å². The SMILES string of the molecule is CNc1ccc2c(ccn2C(C)C(=O)O)c1. The second-order valence-electron chi connectivity index (χ2n) is 3.76.